The lowest BCUT2D eigenvalue weighted by Gasteiger charge is -2.34. The van der Waals surface area contributed by atoms with E-state index in [-0.39, 0.29) is 42.6 Å². The molecule has 3 saturated carbocycles. The monoisotopic (exact) mass is 438 g/mol. The summed E-state index contributed by atoms with van der Waals surface area (Å²) in [5.41, 5.74) is -0.521. The van der Waals surface area contributed by atoms with Gasteiger partial charge in [-0.15, -0.1) is 0 Å². The van der Waals surface area contributed by atoms with E-state index in [1.807, 2.05) is 36.2 Å². The van der Waals surface area contributed by atoms with Crippen LogP contribution in [0, 0.1) is 11.8 Å². The Balaban J connectivity index is 1.50. The van der Waals surface area contributed by atoms with E-state index in [9.17, 15) is 14.4 Å². The lowest BCUT2D eigenvalue weighted by atomic mass is 9.75. The van der Waals surface area contributed by atoms with Gasteiger partial charge in [0.1, 0.15) is 5.75 Å². The van der Waals surface area contributed by atoms with Gasteiger partial charge < -0.3 is 9.64 Å². The van der Waals surface area contributed by atoms with E-state index in [1.54, 1.807) is 7.11 Å². The summed E-state index contributed by atoms with van der Waals surface area (Å²) in [7, 11) is 3.47. The summed E-state index contributed by atoms with van der Waals surface area (Å²) < 4.78 is 5.61. The Labute approximate surface area is 190 Å². The Morgan fingerprint density at radius 3 is 2.31 bits per heavy atom. The Hall–Kier alpha value is -2.37. The summed E-state index contributed by atoms with van der Waals surface area (Å²) in [6.45, 7) is 0. The number of ether oxygens (including phenoxy) is 1. The first kappa shape index (κ1) is 21.5. The van der Waals surface area contributed by atoms with Crippen molar-refractivity contribution >= 4 is 17.7 Å². The molecule has 3 aliphatic carbocycles. The first-order valence-corrected chi connectivity index (χ1v) is 12.2. The van der Waals surface area contributed by atoms with Crippen LogP contribution in [0.15, 0.2) is 24.3 Å². The van der Waals surface area contributed by atoms with E-state index in [2.05, 4.69) is 0 Å². The van der Waals surface area contributed by atoms with Gasteiger partial charge in [-0.3, -0.25) is 19.3 Å². The van der Waals surface area contributed by atoms with Crippen LogP contribution in [0.5, 0.6) is 5.75 Å². The minimum absolute atomic E-state index is 0.0214. The Morgan fingerprint density at radius 1 is 1.09 bits per heavy atom. The fraction of sp³-hybridized carbons (Fsp3) is 0.654. The Morgan fingerprint density at radius 2 is 1.72 bits per heavy atom. The van der Waals surface area contributed by atoms with E-state index in [0.29, 0.717) is 23.1 Å². The van der Waals surface area contributed by atoms with E-state index < -0.39 is 5.41 Å². The number of methoxy groups -OCH3 is 1. The van der Waals surface area contributed by atoms with Gasteiger partial charge in [0.2, 0.25) is 17.7 Å². The van der Waals surface area contributed by atoms with Crippen LogP contribution in [-0.2, 0) is 19.8 Å². The van der Waals surface area contributed by atoms with Crippen LogP contribution in [0.3, 0.4) is 0 Å². The molecule has 6 nitrogen and oxygen atoms in total. The van der Waals surface area contributed by atoms with Gasteiger partial charge >= 0.3 is 0 Å². The first-order valence-electron chi connectivity index (χ1n) is 12.2. The number of rotatable bonds is 8. The number of imide groups is 1. The normalized spacial score (nSPS) is 26.3. The van der Waals surface area contributed by atoms with Crippen LogP contribution in [0.1, 0.15) is 69.8 Å². The van der Waals surface area contributed by atoms with Crippen molar-refractivity contribution in [2.75, 3.05) is 14.2 Å². The number of benzene rings is 1. The zero-order valence-corrected chi connectivity index (χ0v) is 19.2. The summed E-state index contributed by atoms with van der Waals surface area (Å²) in [5, 5.41) is 0. The summed E-state index contributed by atoms with van der Waals surface area (Å²) in [5.74, 6) is 1.36. The third kappa shape index (κ3) is 3.61. The third-order valence-corrected chi connectivity index (χ3v) is 8.17. The number of hydrogen-bond acceptors (Lipinski definition) is 4. The molecular formula is C26H34N2O4. The van der Waals surface area contributed by atoms with Crippen LogP contribution in [0.2, 0.25) is 0 Å². The molecule has 1 aromatic carbocycles. The highest BCUT2D eigenvalue weighted by Crippen LogP contribution is 2.49. The Bertz CT molecular complexity index is 904. The maximum absolute atomic E-state index is 14.0. The van der Waals surface area contributed by atoms with Crippen molar-refractivity contribution in [3.63, 3.8) is 0 Å². The molecular weight excluding hydrogens is 404 g/mol. The van der Waals surface area contributed by atoms with Gasteiger partial charge in [-0.1, -0.05) is 31.0 Å². The molecule has 1 aliphatic heterocycles. The maximum Gasteiger partial charge on any atom is 0.241 e. The van der Waals surface area contributed by atoms with Gasteiger partial charge in [0.15, 0.2) is 0 Å². The number of hydrogen-bond donors (Lipinski definition) is 0. The smallest absolute Gasteiger partial charge is 0.241 e. The number of nitrogens with zero attached hydrogens (tertiary/aromatic N) is 2. The van der Waals surface area contributed by atoms with Crippen molar-refractivity contribution in [1.82, 2.24) is 9.80 Å². The van der Waals surface area contributed by atoms with Crippen LogP contribution < -0.4 is 4.74 Å². The maximum atomic E-state index is 14.0. The summed E-state index contributed by atoms with van der Waals surface area (Å²) in [6.07, 6.45) is 8.59. The fourth-order valence-corrected chi connectivity index (χ4v) is 6.22. The lowest BCUT2D eigenvalue weighted by molar-refractivity contribution is -0.145. The molecule has 4 aliphatic rings. The van der Waals surface area contributed by atoms with Gasteiger partial charge in [0.25, 0.3) is 0 Å². The zero-order valence-electron chi connectivity index (χ0n) is 19.2. The largest absolute Gasteiger partial charge is 0.496 e. The van der Waals surface area contributed by atoms with Crippen molar-refractivity contribution in [3.05, 3.63) is 29.8 Å². The number of para-hydroxylation sites is 1. The molecule has 1 unspecified atom stereocenters. The van der Waals surface area contributed by atoms with E-state index >= 15 is 0 Å². The zero-order chi connectivity index (χ0) is 22.5. The molecule has 1 saturated heterocycles. The molecule has 0 N–H and O–H groups in total. The van der Waals surface area contributed by atoms with Gasteiger partial charge in [-0.2, -0.15) is 0 Å². The number of likely N-dealkylation sites (tertiary alicyclic amines) is 1. The van der Waals surface area contributed by atoms with Gasteiger partial charge in [-0.05, 0) is 56.4 Å². The topological polar surface area (TPSA) is 66.9 Å². The molecule has 0 spiro atoms. The quantitative estimate of drug-likeness (QED) is 0.581. The predicted octanol–water partition coefficient (Wildman–Crippen LogP) is 3.67. The highest BCUT2D eigenvalue weighted by molar-refractivity contribution is 6.11. The molecule has 3 amide bonds. The van der Waals surface area contributed by atoms with E-state index in [4.69, 9.17) is 4.74 Å². The summed E-state index contributed by atoms with van der Waals surface area (Å²) >= 11 is 0. The molecule has 5 rings (SSSR count). The third-order valence-electron chi connectivity index (χ3n) is 8.17. The highest BCUT2D eigenvalue weighted by atomic mass is 16.5. The van der Waals surface area contributed by atoms with Crippen molar-refractivity contribution < 1.29 is 19.1 Å². The molecule has 0 bridgehead atoms. The van der Waals surface area contributed by atoms with Gasteiger partial charge in [0.05, 0.1) is 12.5 Å². The van der Waals surface area contributed by atoms with Gasteiger partial charge in [-0.25, -0.2) is 0 Å². The number of amides is 3. The first-order chi connectivity index (χ1) is 15.5. The highest BCUT2D eigenvalue weighted by Gasteiger charge is 2.57. The molecule has 0 aromatic heterocycles. The average Bonchev–Trinajstić information content (AvgIpc) is 3.73. The summed E-state index contributed by atoms with van der Waals surface area (Å²) in [4.78, 5) is 44.3. The van der Waals surface area contributed by atoms with Crippen LogP contribution in [-0.4, -0.2) is 53.8 Å². The molecule has 172 valence electrons. The number of carbonyl (C=O) groups excluding carboxylic acids is 3. The van der Waals surface area contributed by atoms with Crippen molar-refractivity contribution in [1.29, 1.82) is 0 Å². The second kappa shape index (κ2) is 8.20. The average molecular weight is 439 g/mol. The lowest BCUT2D eigenvalue weighted by Crippen LogP contribution is -2.47. The second-order valence-corrected chi connectivity index (χ2v) is 10.3. The molecule has 1 atom stereocenters. The van der Waals surface area contributed by atoms with Crippen molar-refractivity contribution in [2.45, 2.75) is 81.7 Å². The van der Waals surface area contributed by atoms with Crippen molar-refractivity contribution in [2.24, 2.45) is 11.8 Å². The minimum Gasteiger partial charge on any atom is -0.496 e. The summed E-state index contributed by atoms with van der Waals surface area (Å²) in [6, 6.07) is 7.63. The predicted molar refractivity (Wildman–Crippen MR) is 120 cm³/mol. The second-order valence-electron chi connectivity index (χ2n) is 10.3. The van der Waals surface area contributed by atoms with Crippen LogP contribution >= 0.6 is 0 Å². The molecule has 32 heavy (non-hydrogen) atoms. The molecule has 4 fully saturated rings. The standard InChI is InChI=1S/C26H34N2O4/c1-27(24(17-11-12-17)18-13-14-18)22(29)15-26(20-9-5-6-10-21(20)32-2)16-23(30)28(25(26)31)19-7-3-4-8-19/h5-6,9-10,17-19,24H,3-4,7-8,11-16H2,1-2H3. The number of carbonyl (C=O) groups is 3. The molecule has 6 heteroatoms. The molecule has 1 aromatic rings. The van der Waals surface area contributed by atoms with E-state index in [0.717, 1.165) is 25.7 Å². The molecule has 0 radical (unpaired) electrons. The minimum atomic E-state index is -1.19. The SMILES string of the molecule is COc1ccccc1C1(CC(=O)N(C)C(C2CC2)C2CC2)CC(=O)N(C2CCCC2)C1=O. The molecule has 1 heterocycles. The van der Waals surface area contributed by atoms with Crippen molar-refractivity contribution in [3.8, 4) is 5.75 Å². The van der Waals surface area contributed by atoms with Crippen LogP contribution in [0.4, 0.5) is 0 Å². The fourth-order valence-electron chi connectivity index (χ4n) is 6.22. The van der Waals surface area contributed by atoms with E-state index in [1.165, 1.54) is 30.6 Å². The van der Waals surface area contributed by atoms with Crippen LogP contribution in [0.25, 0.3) is 0 Å². The van der Waals surface area contributed by atoms with Gasteiger partial charge in [0, 0.05) is 37.5 Å². The Kier molecular flexibility index (Phi) is 5.50.